The molecule has 0 aromatic heterocycles. The highest BCUT2D eigenvalue weighted by Gasteiger charge is 2.24. The predicted octanol–water partition coefficient (Wildman–Crippen LogP) is 5.37. The molecule has 0 N–H and O–H groups in total. The molecule has 0 saturated carbocycles. The van der Waals surface area contributed by atoms with Crippen LogP contribution in [0.5, 0.6) is 0 Å². The minimum absolute atomic E-state index is 0.264. The molecule has 0 fully saturated rings. The van der Waals surface area contributed by atoms with Gasteiger partial charge in [-0.1, -0.05) is 63.4 Å². The Morgan fingerprint density at radius 3 is 1.69 bits per heavy atom. The van der Waals surface area contributed by atoms with E-state index in [0.717, 1.165) is 19.4 Å². The first-order valence-electron chi connectivity index (χ1n) is 11.1. The summed E-state index contributed by atoms with van der Waals surface area (Å²) in [5, 5.41) is 0. The minimum Gasteiger partial charge on any atom is -0.462 e. The molecule has 0 atom stereocenters. The fourth-order valence-corrected chi connectivity index (χ4v) is 8.58. The van der Waals surface area contributed by atoms with E-state index >= 15 is 0 Å². The van der Waals surface area contributed by atoms with Crippen molar-refractivity contribution in [3.63, 3.8) is 0 Å². The van der Waals surface area contributed by atoms with Crippen LogP contribution in [0.3, 0.4) is 0 Å². The molecule has 0 aliphatic carbocycles. The van der Waals surface area contributed by atoms with Crippen LogP contribution in [0.4, 0.5) is 0 Å². The summed E-state index contributed by atoms with van der Waals surface area (Å²) in [7, 11) is -0.664. The molecule has 0 rings (SSSR count). The van der Waals surface area contributed by atoms with Crippen LogP contribution in [0.25, 0.3) is 0 Å². The average Bonchev–Trinajstić information content (AvgIpc) is 2.63. The Kier molecular flexibility index (Phi) is 16.0. The fourth-order valence-electron chi connectivity index (χ4n) is 3.25. The van der Waals surface area contributed by atoms with Crippen molar-refractivity contribution in [3.8, 4) is 0 Å². The van der Waals surface area contributed by atoms with Crippen LogP contribution >= 0.6 is 0 Å². The molecule has 0 heterocycles. The van der Waals surface area contributed by atoms with Crippen molar-refractivity contribution >= 4 is 22.1 Å². The van der Waals surface area contributed by atoms with Crippen LogP contribution in [0.1, 0.15) is 26.2 Å². The van der Waals surface area contributed by atoms with Gasteiger partial charge in [0.25, 0.3) is 0 Å². The molecule has 0 bridgehead atoms. The lowest BCUT2D eigenvalue weighted by Gasteiger charge is -2.26. The van der Waals surface area contributed by atoms with Gasteiger partial charge in [0.15, 0.2) is 0 Å². The number of rotatable bonds is 19. The van der Waals surface area contributed by atoms with E-state index in [1.807, 2.05) is 0 Å². The van der Waals surface area contributed by atoms with Gasteiger partial charge in [0.1, 0.15) is 0 Å². The number of hydrogen-bond acceptors (Lipinski definition) is 5. The Hall–Kier alpha value is -0.476. The first-order chi connectivity index (χ1) is 13.6. The van der Waals surface area contributed by atoms with Crippen molar-refractivity contribution in [1.82, 2.24) is 0 Å². The third-order valence-electron chi connectivity index (χ3n) is 5.23. The van der Waals surface area contributed by atoms with Crippen molar-refractivity contribution in [1.29, 1.82) is 0 Å². The number of ether oxygens (including phenoxy) is 4. The van der Waals surface area contributed by atoms with Gasteiger partial charge in [-0.3, -0.25) is 0 Å². The number of hydrogen-bond donors (Lipinski definition) is 0. The topological polar surface area (TPSA) is 54.0 Å². The maximum atomic E-state index is 11.4. The third kappa shape index (κ3) is 18.0. The summed E-state index contributed by atoms with van der Waals surface area (Å²) in [4.78, 5) is 11.4. The first-order valence-corrected chi connectivity index (χ1v) is 17.9. The van der Waals surface area contributed by atoms with Crippen molar-refractivity contribution in [3.05, 3.63) is 12.2 Å². The second kappa shape index (κ2) is 16.2. The Morgan fingerprint density at radius 1 is 0.724 bits per heavy atom. The Labute approximate surface area is 181 Å². The molecular weight excluding hydrogens is 400 g/mol. The molecule has 0 spiro atoms. The number of esters is 1. The van der Waals surface area contributed by atoms with Gasteiger partial charge in [0.2, 0.25) is 0 Å². The zero-order valence-electron chi connectivity index (χ0n) is 19.9. The van der Waals surface area contributed by atoms with E-state index in [0.29, 0.717) is 38.6 Å². The minimum atomic E-state index is -1.20. The van der Waals surface area contributed by atoms with E-state index in [9.17, 15) is 4.79 Å². The average molecular weight is 447 g/mol. The number of carbonyl (C=O) groups is 1. The van der Waals surface area contributed by atoms with Crippen LogP contribution in [0.15, 0.2) is 12.2 Å². The first kappa shape index (κ1) is 28.5. The normalized spacial score (nSPS) is 12.2. The molecule has 0 aliphatic heterocycles. The summed E-state index contributed by atoms with van der Waals surface area (Å²) >= 11 is 0. The monoisotopic (exact) mass is 446 g/mol. The molecule has 7 heteroatoms. The van der Waals surface area contributed by atoms with Gasteiger partial charge in [-0.15, -0.1) is 0 Å². The highest BCUT2D eigenvalue weighted by molar-refractivity contribution is 6.78. The quantitative estimate of drug-likeness (QED) is 0.115. The molecule has 0 aliphatic rings. The van der Waals surface area contributed by atoms with Gasteiger partial charge in [-0.25, -0.2) is 4.79 Å². The Bertz CT molecular complexity index is 452. The van der Waals surface area contributed by atoms with E-state index in [-0.39, 0.29) is 5.97 Å². The lowest BCUT2D eigenvalue weighted by atomic mass is 10.4. The summed E-state index contributed by atoms with van der Waals surface area (Å²) in [6.45, 7) is 19.2. The molecule has 5 nitrogen and oxygen atoms in total. The molecule has 0 radical (unpaired) electrons. The molecular formula is C22H46O5Si2. The van der Waals surface area contributed by atoms with Crippen LogP contribution in [0.2, 0.25) is 50.4 Å². The third-order valence-corrected chi connectivity index (χ3v) is 12.1. The van der Waals surface area contributed by atoms with Gasteiger partial charge in [-0.05, 0) is 19.8 Å². The molecule has 0 aromatic carbocycles. The van der Waals surface area contributed by atoms with Crippen LogP contribution in [0, 0.1) is 0 Å². The second-order valence-corrected chi connectivity index (χ2v) is 20.2. The lowest BCUT2D eigenvalue weighted by Crippen LogP contribution is -2.29. The Balaban J connectivity index is 3.77. The molecule has 0 aromatic rings. The smallest absolute Gasteiger partial charge is 0.333 e. The molecule has 0 unspecified atom stereocenters. The van der Waals surface area contributed by atoms with E-state index < -0.39 is 16.1 Å². The van der Waals surface area contributed by atoms with Crippen molar-refractivity contribution < 1.29 is 23.7 Å². The summed E-state index contributed by atoms with van der Waals surface area (Å²) in [5.41, 5.74) is 0.481. The predicted molar refractivity (Wildman–Crippen MR) is 127 cm³/mol. The summed E-state index contributed by atoms with van der Waals surface area (Å²) < 4.78 is 21.2. The van der Waals surface area contributed by atoms with Crippen molar-refractivity contribution in [2.75, 3.05) is 46.8 Å². The van der Waals surface area contributed by atoms with Gasteiger partial charge in [0, 0.05) is 35.4 Å². The molecule has 29 heavy (non-hydrogen) atoms. The lowest BCUT2D eigenvalue weighted by molar-refractivity contribution is -0.138. The van der Waals surface area contributed by atoms with Crippen molar-refractivity contribution in [2.45, 2.75) is 76.6 Å². The van der Waals surface area contributed by atoms with Gasteiger partial charge in [0.05, 0.1) is 33.0 Å². The van der Waals surface area contributed by atoms with Crippen molar-refractivity contribution in [2.24, 2.45) is 0 Å². The van der Waals surface area contributed by atoms with Gasteiger partial charge < -0.3 is 18.9 Å². The second-order valence-electron chi connectivity index (χ2n) is 9.52. The SMILES string of the molecule is C=C(C)C(=O)OCCC[Si](C)(C)CCC[Si](C)(C)CCCOCCOCCOC. The maximum absolute atomic E-state index is 11.4. The number of methoxy groups -OCH3 is 1. The van der Waals surface area contributed by atoms with Gasteiger partial charge in [-0.2, -0.15) is 0 Å². The standard InChI is InChI=1S/C22H46O5Si2/c1-21(2)22(23)27-12-9-18-29(6,7)20-10-19-28(4,5)17-8-11-25-15-16-26-14-13-24-3/h1,8-20H2,2-7H3. The van der Waals surface area contributed by atoms with E-state index in [1.54, 1.807) is 14.0 Å². The van der Waals surface area contributed by atoms with Gasteiger partial charge >= 0.3 is 5.97 Å². The molecule has 0 saturated heterocycles. The molecule has 0 amide bonds. The van der Waals surface area contributed by atoms with E-state index in [1.165, 1.54) is 30.6 Å². The van der Waals surface area contributed by atoms with E-state index in [4.69, 9.17) is 18.9 Å². The summed E-state index contributed by atoms with van der Waals surface area (Å²) in [6.07, 6.45) is 3.48. The van der Waals surface area contributed by atoms with E-state index in [2.05, 4.69) is 32.8 Å². The zero-order chi connectivity index (χ0) is 22.2. The largest absolute Gasteiger partial charge is 0.462 e. The highest BCUT2D eigenvalue weighted by Crippen LogP contribution is 2.26. The fraction of sp³-hybridized carbons (Fsp3) is 0.864. The maximum Gasteiger partial charge on any atom is 0.333 e. The highest BCUT2D eigenvalue weighted by atomic mass is 28.3. The Morgan fingerprint density at radius 2 is 1.17 bits per heavy atom. The summed E-state index contributed by atoms with van der Waals surface area (Å²) in [5.74, 6) is -0.264. The number of carbonyl (C=O) groups excluding carboxylic acids is 1. The van der Waals surface area contributed by atoms with Crippen LogP contribution < -0.4 is 0 Å². The zero-order valence-corrected chi connectivity index (χ0v) is 21.9. The van der Waals surface area contributed by atoms with Crippen LogP contribution in [-0.4, -0.2) is 68.9 Å². The summed E-state index contributed by atoms with van der Waals surface area (Å²) in [6, 6.07) is 5.32. The molecule has 172 valence electrons. The van der Waals surface area contributed by atoms with Crippen LogP contribution in [-0.2, 0) is 23.7 Å².